The standard InChI is InChI=1S/C20H21F2NO2/c1-20(2,3)13-4-7-18-12(8-13)9-15(25-18)11-23-19(24)16-10-14(21)5-6-17(16)22/h4-8,10,15H,9,11H2,1-3H3,(H,23,24)/t15-/m1/s1. The Hall–Kier alpha value is -2.43. The van der Waals surface area contributed by atoms with Gasteiger partial charge in [-0.25, -0.2) is 8.78 Å². The molecule has 0 spiro atoms. The summed E-state index contributed by atoms with van der Waals surface area (Å²) in [5.74, 6) is -1.23. The first-order chi connectivity index (χ1) is 11.7. The van der Waals surface area contributed by atoms with Crippen molar-refractivity contribution in [1.82, 2.24) is 5.32 Å². The zero-order valence-electron chi connectivity index (χ0n) is 14.5. The van der Waals surface area contributed by atoms with Gasteiger partial charge >= 0.3 is 0 Å². The first kappa shape index (κ1) is 17.4. The molecule has 0 saturated carbocycles. The van der Waals surface area contributed by atoms with Crippen LogP contribution in [-0.4, -0.2) is 18.6 Å². The zero-order chi connectivity index (χ0) is 18.2. The molecule has 3 rings (SSSR count). The minimum absolute atomic E-state index is 0.0518. The average Bonchev–Trinajstić information content (AvgIpc) is 2.96. The minimum Gasteiger partial charge on any atom is -0.488 e. The number of carbonyl (C=O) groups is 1. The van der Waals surface area contributed by atoms with Gasteiger partial charge in [-0.1, -0.05) is 32.9 Å². The molecular formula is C20H21F2NO2. The highest BCUT2D eigenvalue weighted by Gasteiger charge is 2.26. The second-order valence-electron chi connectivity index (χ2n) is 7.35. The van der Waals surface area contributed by atoms with Gasteiger partial charge in [0.1, 0.15) is 23.5 Å². The first-order valence-corrected chi connectivity index (χ1v) is 8.27. The lowest BCUT2D eigenvalue weighted by Crippen LogP contribution is -2.34. The SMILES string of the molecule is CC(C)(C)c1ccc2c(c1)C[C@H](CNC(=O)c1cc(F)ccc1F)O2. The molecule has 3 nitrogen and oxygen atoms in total. The number of halogens is 2. The van der Waals surface area contributed by atoms with E-state index >= 15 is 0 Å². The van der Waals surface area contributed by atoms with E-state index in [0.717, 1.165) is 29.5 Å². The maximum atomic E-state index is 13.6. The fourth-order valence-electron chi connectivity index (χ4n) is 2.87. The summed E-state index contributed by atoms with van der Waals surface area (Å²) in [6.07, 6.45) is 0.455. The highest BCUT2D eigenvalue weighted by molar-refractivity contribution is 5.94. The van der Waals surface area contributed by atoms with Gasteiger partial charge < -0.3 is 10.1 Å². The Morgan fingerprint density at radius 3 is 2.68 bits per heavy atom. The highest BCUT2D eigenvalue weighted by atomic mass is 19.1. The van der Waals surface area contributed by atoms with Gasteiger partial charge in [-0.05, 0) is 40.8 Å². The second kappa shape index (κ2) is 6.47. The summed E-state index contributed by atoms with van der Waals surface area (Å²) in [6, 6.07) is 8.94. The molecule has 0 fully saturated rings. The summed E-state index contributed by atoms with van der Waals surface area (Å²) in [7, 11) is 0. The summed E-state index contributed by atoms with van der Waals surface area (Å²) in [5.41, 5.74) is 2.08. The number of benzene rings is 2. The lowest BCUT2D eigenvalue weighted by Gasteiger charge is -2.19. The van der Waals surface area contributed by atoms with Gasteiger partial charge in [-0.3, -0.25) is 4.79 Å². The van der Waals surface area contributed by atoms with E-state index in [1.807, 2.05) is 12.1 Å². The molecule has 0 aliphatic carbocycles. The van der Waals surface area contributed by atoms with Crippen molar-refractivity contribution in [1.29, 1.82) is 0 Å². The molecule has 2 aromatic carbocycles. The molecule has 0 radical (unpaired) electrons. The van der Waals surface area contributed by atoms with Crippen LogP contribution in [0.2, 0.25) is 0 Å². The van der Waals surface area contributed by atoms with Crippen molar-refractivity contribution < 1.29 is 18.3 Å². The third kappa shape index (κ3) is 3.81. The number of hydrogen-bond acceptors (Lipinski definition) is 2. The average molecular weight is 345 g/mol. The molecule has 1 atom stereocenters. The Bertz CT molecular complexity index is 812. The van der Waals surface area contributed by atoms with E-state index in [-0.39, 0.29) is 23.6 Å². The Kier molecular flexibility index (Phi) is 4.50. The summed E-state index contributed by atoms with van der Waals surface area (Å²) >= 11 is 0. The monoisotopic (exact) mass is 345 g/mol. The molecule has 1 N–H and O–H groups in total. The van der Waals surface area contributed by atoms with E-state index in [2.05, 4.69) is 32.2 Å². The van der Waals surface area contributed by atoms with Gasteiger partial charge in [0.15, 0.2) is 0 Å². The molecule has 2 aromatic rings. The predicted molar refractivity (Wildman–Crippen MR) is 92.0 cm³/mol. The number of fused-ring (bicyclic) bond motifs is 1. The van der Waals surface area contributed by atoms with Crippen LogP contribution in [0.3, 0.4) is 0 Å². The van der Waals surface area contributed by atoms with Crippen molar-refractivity contribution in [2.45, 2.75) is 38.7 Å². The lowest BCUT2D eigenvalue weighted by atomic mass is 9.86. The maximum absolute atomic E-state index is 13.6. The van der Waals surface area contributed by atoms with E-state index in [9.17, 15) is 13.6 Å². The number of rotatable bonds is 3. The fraction of sp³-hybridized carbons (Fsp3) is 0.350. The van der Waals surface area contributed by atoms with Crippen LogP contribution in [0.1, 0.15) is 42.3 Å². The van der Waals surface area contributed by atoms with E-state index in [4.69, 9.17) is 4.74 Å². The van der Waals surface area contributed by atoms with Crippen LogP contribution in [0, 0.1) is 11.6 Å². The molecule has 1 aliphatic heterocycles. The van der Waals surface area contributed by atoms with Gasteiger partial charge in [0, 0.05) is 6.42 Å². The number of hydrogen-bond donors (Lipinski definition) is 1. The van der Waals surface area contributed by atoms with Crippen molar-refractivity contribution in [3.8, 4) is 5.75 Å². The number of ether oxygens (including phenoxy) is 1. The van der Waals surface area contributed by atoms with Crippen LogP contribution in [0.15, 0.2) is 36.4 Å². The fourth-order valence-corrected chi connectivity index (χ4v) is 2.87. The lowest BCUT2D eigenvalue weighted by molar-refractivity contribution is 0.0929. The molecule has 5 heteroatoms. The van der Waals surface area contributed by atoms with E-state index in [1.165, 1.54) is 5.56 Å². The third-order valence-corrected chi connectivity index (χ3v) is 4.33. The van der Waals surface area contributed by atoms with Crippen molar-refractivity contribution in [2.75, 3.05) is 6.54 Å². The molecule has 0 aromatic heterocycles. The quantitative estimate of drug-likeness (QED) is 0.913. The number of carbonyl (C=O) groups excluding carboxylic acids is 1. The van der Waals surface area contributed by atoms with E-state index < -0.39 is 17.5 Å². The summed E-state index contributed by atoms with van der Waals surface area (Å²) < 4.78 is 32.7. The number of nitrogens with one attached hydrogen (secondary N) is 1. The van der Waals surface area contributed by atoms with Crippen LogP contribution in [0.4, 0.5) is 8.78 Å². The van der Waals surface area contributed by atoms with Gasteiger partial charge in [0.2, 0.25) is 0 Å². The first-order valence-electron chi connectivity index (χ1n) is 8.27. The molecule has 0 bridgehead atoms. The molecule has 1 heterocycles. The Balaban J connectivity index is 1.64. The van der Waals surface area contributed by atoms with Crippen molar-refractivity contribution in [3.05, 3.63) is 64.7 Å². The molecule has 1 aliphatic rings. The van der Waals surface area contributed by atoms with Crippen LogP contribution >= 0.6 is 0 Å². The normalized spacial score (nSPS) is 16.3. The van der Waals surface area contributed by atoms with Crippen molar-refractivity contribution >= 4 is 5.91 Å². The Morgan fingerprint density at radius 1 is 1.20 bits per heavy atom. The topological polar surface area (TPSA) is 38.3 Å². The van der Waals surface area contributed by atoms with Crippen LogP contribution in [-0.2, 0) is 11.8 Å². The second-order valence-corrected chi connectivity index (χ2v) is 7.35. The largest absolute Gasteiger partial charge is 0.488 e. The maximum Gasteiger partial charge on any atom is 0.254 e. The minimum atomic E-state index is -0.746. The molecule has 25 heavy (non-hydrogen) atoms. The van der Waals surface area contributed by atoms with Crippen molar-refractivity contribution in [2.24, 2.45) is 0 Å². The molecule has 0 unspecified atom stereocenters. The van der Waals surface area contributed by atoms with Crippen molar-refractivity contribution in [3.63, 3.8) is 0 Å². The molecule has 132 valence electrons. The summed E-state index contributed by atoms with van der Waals surface area (Å²) in [5, 5.41) is 2.62. The smallest absolute Gasteiger partial charge is 0.254 e. The Labute approximate surface area is 146 Å². The van der Waals surface area contributed by atoms with E-state index in [0.29, 0.717) is 6.42 Å². The van der Waals surface area contributed by atoms with Crippen LogP contribution in [0.5, 0.6) is 5.75 Å². The van der Waals surface area contributed by atoms with Gasteiger partial charge in [-0.2, -0.15) is 0 Å². The highest BCUT2D eigenvalue weighted by Crippen LogP contribution is 2.33. The third-order valence-electron chi connectivity index (χ3n) is 4.33. The number of amides is 1. The molecule has 1 amide bonds. The molecular weight excluding hydrogens is 324 g/mol. The van der Waals surface area contributed by atoms with E-state index in [1.54, 1.807) is 0 Å². The Morgan fingerprint density at radius 2 is 1.96 bits per heavy atom. The van der Waals surface area contributed by atoms with Crippen LogP contribution in [0.25, 0.3) is 0 Å². The predicted octanol–water partition coefficient (Wildman–Crippen LogP) is 4.00. The van der Waals surface area contributed by atoms with Gasteiger partial charge in [-0.15, -0.1) is 0 Å². The van der Waals surface area contributed by atoms with Gasteiger partial charge in [0.25, 0.3) is 5.91 Å². The summed E-state index contributed by atoms with van der Waals surface area (Å²) in [4.78, 5) is 12.1. The zero-order valence-corrected chi connectivity index (χ0v) is 14.5. The van der Waals surface area contributed by atoms with Crippen LogP contribution < -0.4 is 10.1 Å². The summed E-state index contributed by atoms with van der Waals surface area (Å²) in [6.45, 7) is 6.68. The molecule has 0 saturated heterocycles. The van der Waals surface area contributed by atoms with Gasteiger partial charge in [0.05, 0.1) is 12.1 Å².